The third-order valence-corrected chi connectivity index (χ3v) is 4.76. The molecule has 0 unspecified atom stereocenters. The molecule has 1 heterocycles. The predicted molar refractivity (Wildman–Crippen MR) is 87.4 cm³/mol. The molecule has 126 valence electrons. The maximum absolute atomic E-state index is 12.6. The average molecular weight is 309 g/mol. The van der Waals surface area contributed by atoms with Gasteiger partial charge in [-0.15, -0.1) is 0 Å². The SMILES string of the molecule is CN1CCN(C(=O)C2CCC(C(=O)NC(C)(C)C)CC2)CC1. The molecule has 0 atom stereocenters. The Morgan fingerprint density at radius 2 is 1.41 bits per heavy atom. The van der Waals surface area contributed by atoms with E-state index in [0.29, 0.717) is 5.91 Å². The number of carbonyl (C=O) groups is 2. The van der Waals surface area contributed by atoms with Gasteiger partial charge in [-0.3, -0.25) is 9.59 Å². The summed E-state index contributed by atoms with van der Waals surface area (Å²) < 4.78 is 0. The second-order valence-corrected chi connectivity index (χ2v) is 7.92. The van der Waals surface area contributed by atoms with Crippen LogP contribution in [0.5, 0.6) is 0 Å². The zero-order valence-electron chi connectivity index (χ0n) is 14.5. The smallest absolute Gasteiger partial charge is 0.225 e. The largest absolute Gasteiger partial charge is 0.351 e. The van der Waals surface area contributed by atoms with E-state index in [0.717, 1.165) is 51.9 Å². The quantitative estimate of drug-likeness (QED) is 0.841. The van der Waals surface area contributed by atoms with Crippen molar-refractivity contribution >= 4 is 11.8 Å². The molecule has 0 spiro atoms. The first kappa shape index (κ1) is 17.3. The molecule has 1 saturated carbocycles. The van der Waals surface area contributed by atoms with Crippen molar-refractivity contribution in [2.75, 3.05) is 33.2 Å². The first-order valence-electron chi connectivity index (χ1n) is 8.55. The van der Waals surface area contributed by atoms with Crippen molar-refractivity contribution in [1.29, 1.82) is 0 Å². The van der Waals surface area contributed by atoms with Gasteiger partial charge < -0.3 is 15.1 Å². The second kappa shape index (κ2) is 6.99. The highest BCUT2D eigenvalue weighted by Crippen LogP contribution is 2.30. The molecule has 0 aromatic heterocycles. The minimum atomic E-state index is -0.177. The fraction of sp³-hybridized carbons (Fsp3) is 0.882. The Labute approximate surface area is 134 Å². The minimum Gasteiger partial charge on any atom is -0.351 e. The Kier molecular flexibility index (Phi) is 5.48. The minimum absolute atomic E-state index is 0.0794. The van der Waals surface area contributed by atoms with Crippen molar-refractivity contribution in [3.63, 3.8) is 0 Å². The van der Waals surface area contributed by atoms with Crippen LogP contribution in [0.15, 0.2) is 0 Å². The van der Waals surface area contributed by atoms with Gasteiger partial charge in [-0.2, -0.15) is 0 Å². The van der Waals surface area contributed by atoms with Crippen molar-refractivity contribution in [3.05, 3.63) is 0 Å². The van der Waals surface area contributed by atoms with Crippen molar-refractivity contribution in [2.24, 2.45) is 11.8 Å². The molecule has 0 bridgehead atoms. The standard InChI is InChI=1S/C17H31N3O2/c1-17(2,3)18-15(21)13-5-7-14(8-6-13)16(22)20-11-9-19(4)10-12-20/h13-14H,5-12H2,1-4H3,(H,18,21). The van der Waals surface area contributed by atoms with E-state index >= 15 is 0 Å². The van der Waals surface area contributed by atoms with E-state index in [1.54, 1.807) is 0 Å². The van der Waals surface area contributed by atoms with Gasteiger partial charge >= 0.3 is 0 Å². The van der Waals surface area contributed by atoms with Crippen LogP contribution >= 0.6 is 0 Å². The Hall–Kier alpha value is -1.10. The molecule has 5 nitrogen and oxygen atoms in total. The van der Waals surface area contributed by atoms with E-state index in [1.165, 1.54) is 0 Å². The van der Waals surface area contributed by atoms with Gasteiger partial charge in [0.15, 0.2) is 0 Å². The molecular weight excluding hydrogens is 278 g/mol. The fourth-order valence-electron chi connectivity index (χ4n) is 3.36. The van der Waals surface area contributed by atoms with Gasteiger partial charge in [-0.1, -0.05) is 0 Å². The van der Waals surface area contributed by atoms with Gasteiger partial charge in [0, 0.05) is 43.6 Å². The maximum Gasteiger partial charge on any atom is 0.225 e. The summed E-state index contributed by atoms with van der Waals surface area (Å²) in [6.07, 6.45) is 3.39. The number of nitrogens with one attached hydrogen (secondary N) is 1. The highest BCUT2D eigenvalue weighted by Gasteiger charge is 2.33. The number of carbonyl (C=O) groups excluding carboxylic acids is 2. The normalized spacial score (nSPS) is 27.5. The molecule has 1 saturated heterocycles. The molecule has 2 fully saturated rings. The topological polar surface area (TPSA) is 52.7 Å². The van der Waals surface area contributed by atoms with Gasteiger partial charge in [0.2, 0.25) is 11.8 Å². The number of hydrogen-bond donors (Lipinski definition) is 1. The summed E-state index contributed by atoms with van der Waals surface area (Å²) in [5.74, 6) is 0.665. The van der Waals surface area contributed by atoms with Gasteiger partial charge in [0.1, 0.15) is 0 Å². The van der Waals surface area contributed by atoms with Crippen molar-refractivity contribution in [3.8, 4) is 0 Å². The Morgan fingerprint density at radius 3 is 1.91 bits per heavy atom. The number of likely N-dealkylation sites (N-methyl/N-ethyl adjacent to an activating group) is 1. The first-order valence-corrected chi connectivity index (χ1v) is 8.55. The lowest BCUT2D eigenvalue weighted by atomic mass is 9.80. The van der Waals surface area contributed by atoms with Gasteiger partial charge in [-0.05, 0) is 53.5 Å². The number of nitrogens with zero attached hydrogens (tertiary/aromatic N) is 2. The molecule has 1 N–H and O–H groups in total. The van der Waals surface area contributed by atoms with Crippen LogP contribution in [0, 0.1) is 11.8 Å². The van der Waals surface area contributed by atoms with Crippen molar-refractivity contribution < 1.29 is 9.59 Å². The van der Waals surface area contributed by atoms with Crippen LogP contribution in [0.3, 0.4) is 0 Å². The second-order valence-electron chi connectivity index (χ2n) is 7.92. The molecule has 2 amide bonds. The van der Waals surface area contributed by atoms with Crippen molar-refractivity contribution in [1.82, 2.24) is 15.1 Å². The molecule has 1 aliphatic heterocycles. The molecule has 2 aliphatic rings. The first-order chi connectivity index (χ1) is 10.3. The number of piperazine rings is 1. The molecule has 2 rings (SSSR count). The molecule has 0 radical (unpaired) electrons. The monoisotopic (exact) mass is 309 g/mol. The third-order valence-electron chi connectivity index (χ3n) is 4.76. The summed E-state index contributed by atoms with van der Waals surface area (Å²) in [5.41, 5.74) is -0.177. The lowest BCUT2D eigenvalue weighted by molar-refractivity contribution is -0.140. The summed E-state index contributed by atoms with van der Waals surface area (Å²) in [4.78, 5) is 29.1. The Morgan fingerprint density at radius 1 is 0.909 bits per heavy atom. The van der Waals surface area contributed by atoms with E-state index in [4.69, 9.17) is 0 Å². The highest BCUT2D eigenvalue weighted by atomic mass is 16.2. The van der Waals surface area contributed by atoms with Crippen LogP contribution in [0.2, 0.25) is 0 Å². The summed E-state index contributed by atoms with van der Waals surface area (Å²) in [7, 11) is 2.10. The molecular formula is C17H31N3O2. The van der Waals surface area contributed by atoms with Crippen LogP contribution in [-0.2, 0) is 9.59 Å². The fourth-order valence-corrected chi connectivity index (χ4v) is 3.36. The lowest BCUT2D eigenvalue weighted by Gasteiger charge is -2.36. The predicted octanol–water partition coefficient (Wildman–Crippen LogP) is 1.48. The van der Waals surface area contributed by atoms with E-state index in [2.05, 4.69) is 17.3 Å². The summed E-state index contributed by atoms with van der Waals surface area (Å²) in [6, 6.07) is 0. The Balaban J connectivity index is 1.79. The van der Waals surface area contributed by atoms with Crippen molar-refractivity contribution in [2.45, 2.75) is 52.0 Å². The van der Waals surface area contributed by atoms with Crippen LogP contribution in [-0.4, -0.2) is 60.4 Å². The number of amides is 2. The third kappa shape index (κ3) is 4.70. The van der Waals surface area contributed by atoms with E-state index in [1.807, 2.05) is 25.7 Å². The van der Waals surface area contributed by atoms with Crippen LogP contribution in [0.1, 0.15) is 46.5 Å². The van der Waals surface area contributed by atoms with E-state index < -0.39 is 0 Å². The molecule has 0 aromatic carbocycles. The van der Waals surface area contributed by atoms with Gasteiger partial charge in [0.25, 0.3) is 0 Å². The summed E-state index contributed by atoms with van der Waals surface area (Å²) >= 11 is 0. The molecule has 1 aliphatic carbocycles. The molecule has 0 aromatic rings. The van der Waals surface area contributed by atoms with E-state index in [-0.39, 0.29) is 23.3 Å². The Bertz CT molecular complexity index is 401. The average Bonchev–Trinajstić information content (AvgIpc) is 2.46. The van der Waals surface area contributed by atoms with Gasteiger partial charge in [-0.25, -0.2) is 0 Å². The lowest BCUT2D eigenvalue weighted by Crippen LogP contribution is -2.50. The number of rotatable bonds is 2. The van der Waals surface area contributed by atoms with Crippen LogP contribution in [0.25, 0.3) is 0 Å². The maximum atomic E-state index is 12.6. The summed E-state index contributed by atoms with van der Waals surface area (Å²) in [5, 5.41) is 3.06. The molecule has 22 heavy (non-hydrogen) atoms. The highest BCUT2D eigenvalue weighted by molar-refractivity contribution is 5.81. The zero-order chi connectivity index (χ0) is 16.3. The molecule has 5 heteroatoms. The summed E-state index contributed by atoms with van der Waals surface area (Å²) in [6.45, 7) is 9.65. The zero-order valence-corrected chi connectivity index (χ0v) is 14.5. The van der Waals surface area contributed by atoms with Gasteiger partial charge in [0.05, 0.1) is 0 Å². The van der Waals surface area contributed by atoms with Crippen LogP contribution in [0.4, 0.5) is 0 Å². The number of hydrogen-bond acceptors (Lipinski definition) is 3. The van der Waals surface area contributed by atoms with E-state index in [9.17, 15) is 9.59 Å². The van der Waals surface area contributed by atoms with Crippen LogP contribution < -0.4 is 5.32 Å².